The highest BCUT2D eigenvalue weighted by Crippen LogP contribution is 2.25. The maximum atomic E-state index is 12.5. The Balaban J connectivity index is 1.80. The van der Waals surface area contributed by atoms with Gasteiger partial charge in [0.2, 0.25) is 0 Å². The second-order valence-electron chi connectivity index (χ2n) is 6.56. The lowest BCUT2D eigenvalue weighted by atomic mass is 10.0. The van der Waals surface area contributed by atoms with E-state index < -0.39 is 5.91 Å². The van der Waals surface area contributed by atoms with Crippen molar-refractivity contribution in [1.82, 2.24) is 0 Å². The topological polar surface area (TPSA) is 52.9 Å². The van der Waals surface area contributed by atoms with Gasteiger partial charge in [-0.3, -0.25) is 4.79 Å². The summed E-state index contributed by atoms with van der Waals surface area (Å²) in [6.45, 7) is 1.89. The maximum Gasteiger partial charge on any atom is 0.266 e. The summed E-state index contributed by atoms with van der Waals surface area (Å²) in [4.78, 5) is 12.5. The molecule has 0 bridgehead atoms. The number of carbonyl (C=O) groups excluding carboxylic acids is 1. The standard InChI is InChI=1S/C24H18Cl2N2O/c1-16-6-2-5-9-23(16)28-24(29)20(15-27)12-17-10-11-19(22(26)13-17)14-18-7-3-4-8-21(18)25/h2-13H,14H2,1H3,(H,28,29)/b20-12+. The molecule has 5 heteroatoms. The van der Waals surface area contributed by atoms with Gasteiger partial charge in [-0.2, -0.15) is 5.26 Å². The van der Waals surface area contributed by atoms with Crippen molar-refractivity contribution in [3.05, 3.63) is 105 Å². The van der Waals surface area contributed by atoms with E-state index in [1.165, 1.54) is 6.08 Å². The van der Waals surface area contributed by atoms with Crippen LogP contribution in [-0.2, 0) is 11.2 Å². The summed E-state index contributed by atoms with van der Waals surface area (Å²) in [5, 5.41) is 13.4. The average molecular weight is 421 g/mol. The molecule has 0 heterocycles. The minimum Gasteiger partial charge on any atom is -0.321 e. The number of hydrogen-bond donors (Lipinski definition) is 1. The Hall–Kier alpha value is -3.06. The quantitative estimate of drug-likeness (QED) is 0.381. The lowest BCUT2D eigenvalue weighted by molar-refractivity contribution is -0.112. The van der Waals surface area contributed by atoms with Crippen LogP contribution in [0.25, 0.3) is 6.08 Å². The van der Waals surface area contributed by atoms with Crippen LogP contribution in [0.5, 0.6) is 0 Å². The number of nitrogens with one attached hydrogen (secondary N) is 1. The highest BCUT2D eigenvalue weighted by Gasteiger charge is 2.12. The molecular formula is C24H18Cl2N2O. The molecule has 29 heavy (non-hydrogen) atoms. The molecule has 144 valence electrons. The van der Waals surface area contributed by atoms with E-state index in [4.69, 9.17) is 23.2 Å². The number of nitrogens with zero attached hydrogens (tertiary/aromatic N) is 1. The fourth-order valence-electron chi connectivity index (χ4n) is 2.86. The number of amides is 1. The highest BCUT2D eigenvalue weighted by atomic mass is 35.5. The minimum atomic E-state index is -0.460. The summed E-state index contributed by atoms with van der Waals surface area (Å²) >= 11 is 12.7. The van der Waals surface area contributed by atoms with Crippen LogP contribution in [-0.4, -0.2) is 5.91 Å². The Bertz CT molecular complexity index is 1130. The van der Waals surface area contributed by atoms with Gasteiger partial charge < -0.3 is 5.32 Å². The number of hydrogen-bond acceptors (Lipinski definition) is 2. The molecule has 0 unspecified atom stereocenters. The van der Waals surface area contributed by atoms with Crippen LogP contribution in [0.15, 0.2) is 72.3 Å². The first kappa shape index (κ1) is 20.7. The van der Waals surface area contributed by atoms with E-state index in [0.29, 0.717) is 27.7 Å². The molecule has 0 fully saturated rings. The van der Waals surface area contributed by atoms with Gasteiger partial charge in [0.25, 0.3) is 5.91 Å². The molecule has 0 atom stereocenters. The Morgan fingerprint density at radius 1 is 1.00 bits per heavy atom. The molecule has 0 aliphatic rings. The van der Waals surface area contributed by atoms with Crippen LogP contribution in [0.1, 0.15) is 22.3 Å². The van der Waals surface area contributed by atoms with E-state index in [1.807, 2.05) is 67.6 Å². The van der Waals surface area contributed by atoms with E-state index in [9.17, 15) is 10.1 Å². The second-order valence-corrected chi connectivity index (χ2v) is 7.37. The zero-order valence-corrected chi connectivity index (χ0v) is 17.3. The Kier molecular flexibility index (Phi) is 6.72. The van der Waals surface area contributed by atoms with Crippen LogP contribution in [0.2, 0.25) is 10.0 Å². The molecule has 0 spiro atoms. The fraction of sp³-hybridized carbons (Fsp3) is 0.0833. The van der Waals surface area contributed by atoms with E-state index in [2.05, 4.69) is 5.32 Å². The predicted octanol–water partition coefficient (Wildman–Crippen LogP) is 6.44. The number of aryl methyl sites for hydroxylation is 1. The van der Waals surface area contributed by atoms with Crippen molar-refractivity contribution >= 4 is 40.9 Å². The maximum absolute atomic E-state index is 12.5. The van der Waals surface area contributed by atoms with Gasteiger partial charge in [0, 0.05) is 22.2 Å². The number of benzene rings is 3. The van der Waals surface area contributed by atoms with Crippen molar-refractivity contribution in [2.45, 2.75) is 13.3 Å². The smallest absolute Gasteiger partial charge is 0.266 e. The van der Waals surface area contributed by atoms with Crippen LogP contribution >= 0.6 is 23.2 Å². The first-order valence-electron chi connectivity index (χ1n) is 8.98. The molecular weight excluding hydrogens is 403 g/mol. The van der Waals surface area contributed by atoms with Crippen molar-refractivity contribution in [3.8, 4) is 6.07 Å². The van der Waals surface area contributed by atoms with Crippen LogP contribution in [0.3, 0.4) is 0 Å². The zero-order valence-electron chi connectivity index (χ0n) is 15.7. The number of rotatable bonds is 5. The third-order valence-corrected chi connectivity index (χ3v) is 5.21. The zero-order chi connectivity index (χ0) is 20.8. The van der Waals surface area contributed by atoms with Gasteiger partial charge in [0.1, 0.15) is 11.6 Å². The SMILES string of the molecule is Cc1ccccc1NC(=O)/C(C#N)=C/c1ccc(Cc2ccccc2Cl)c(Cl)c1. The van der Waals surface area contributed by atoms with Crippen molar-refractivity contribution in [1.29, 1.82) is 5.26 Å². The molecule has 0 aliphatic carbocycles. The largest absolute Gasteiger partial charge is 0.321 e. The van der Waals surface area contributed by atoms with Crippen molar-refractivity contribution in [2.24, 2.45) is 0 Å². The van der Waals surface area contributed by atoms with Crippen LogP contribution in [0, 0.1) is 18.3 Å². The fourth-order valence-corrected chi connectivity index (χ4v) is 3.32. The van der Waals surface area contributed by atoms with Gasteiger partial charge in [-0.1, -0.05) is 71.7 Å². The van der Waals surface area contributed by atoms with E-state index in [1.54, 1.807) is 12.1 Å². The summed E-state index contributed by atoms with van der Waals surface area (Å²) in [6.07, 6.45) is 2.13. The summed E-state index contributed by atoms with van der Waals surface area (Å²) in [6, 6.07) is 22.4. The molecule has 0 aliphatic heterocycles. The third kappa shape index (κ3) is 5.26. The van der Waals surface area contributed by atoms with Crippen LogP contribution in [0.4, 0.5) is 5.69 Å². The van der Waals surface area contributed by atoms with Gasteiger partial charge in [-0.15, -0.1) is 0 Å². The molecule has 3 nitrogen and oxygen atoms in total. The first-order chi connectivity index (χ1) is 14.0. The number of anilines is 1. The van der Waals surface area contributed by atoms with E-state index in [0.717, 1.165) is 16.7 Å². The lowest BCUT2D eigenvalue weighted by Crippen LogP contribution is -2.14. The van der Waals surface area contributed by atoms with Crippen LogP contribution < -0.4 is 5.32 Å². The van der Waals surface area contributed by atoms with Gasteiger partial charge in [-0.25, -0.2) is 0 Å². The molecule has 3 aromatic rings. The van der Waals surface area contributed by atoms with Gasteiger partial charge >= 0.3 is 0 Å². The summed E-state index contributed by atoms with van der Waals surface area (Å²) in [5.74, 6) is -0.460. The lowest BCUT2D eigenvalue weighted by Gasteiger charge is -2.09. The minimum absolute atomic E-state index is 0.00294. The highest BCUT2D eigenvalue weighted by molar-refractivity contribution is 6.32. The van der Waals surface area contributed by atoms with Gasteiger partial charge in [0.15, 0.2) is 0 Å². The molecule has 1 amide bonds. The Morgan fingerprint density at radius 2 is 1.69 bits per heavy atom. The van der Waals surface area contributed by atoms with Gasteiger partial charge in [0.05, 0.1) is 0 Å². The third-order valence-electron chi connectivity index (χ3n) is 4.49. The monoisotopic (exact) mass is 420 g/mol. The van der Waals surface area contributed by atoms with Gasteiger partial charge in [-0.05, 0) is 53.5 Å². The summed E-state index contributed by atoms with van der Waals surface area (Å²) in [5.41, 5.74) is 4.17. The van der Waals surface area contributed by atoms with E-state index >= 15 is 0 Å². The van der Waals surface area contributed by atoms with Crippen molar-refractivity contribution in [3.63, 3.8) is 0 Å². The molecule has 0 radical (unpaired) electrons. The Labute approximate surface area is 180 Å². The number of carbonyl (C=O) groups is 1. The Morgan fingerprint density at radius 3 is 2.38 bits per heavy atom. The normalized spacial score (nSPS) is 11.0. The van der Waals surface area contributed by atoms with Crippen molar-refractivity contribution in [2.75, 3.05) is 5.32 Å². The molecule has 0 saturated heterocycles. The average Bonchev–Trinajstić information content (AvgIpc) is 2.71. The number of para-hydroxylation sites is 1. The van der Waals surface area contributed by atoms with Crippen molar-refractivity contribution < 1.29 is 4.79 Å². The second kappa shape index (κ2) is 9.43. The number of halogens is 2. The molecule has 0 aromatic heterocycles. The predicted molar refractivity (Wildman–Crippen MR) is 119 cm³/mol. The number of nitriles is 1. The molecule has 1 N–H and O–H groups in total. The molecule has 3 rings (SSSR count). The van der Waals surface area contributed by atoms with E-state index in [-0.39, 0.29) is 5.57 Å². The molecule has 3 aromatic carbocycles. The summed E-state index contributed by atoms with van der Waals surface area (Å²) < 4.78 is 0. The first-order valence-corrected chi connectivity index (χ1v) is 9.74. The summed E-state index contributed by atoms with van der Waals surface area (Å²) in [7, 11) is 0. The molecule has 0 saturated carbocycles.